The van der Waals surface area contributed by atoms with Crippen LogP contribution in [-0.4, -0.2) is 24.4 Å². The molecule has 0 aliphatic rings. The standard InChI is InChI=1S/C15H10BrCl2NO3S/c1-22-15(21)11(7-19-9-4-2-8(16)3-5-9)13(20)10-6-12(17)23-14(10)18/h2-7,20H,1H3/b13-11+,19-7?. The van der Waals surface area contributed by atoms with Gasteiger partial charge in [-0.2, -0.15) is 0 Å². The number of halogens is 3. The van der Waals surface area contributed by atoms with Crippen molar-refractivity contribution in [2.45, 2.75) is 0 Å². The first kappa shape index (κ1) is 18.0. The number of hydrogen-bond donors (Lipinski definition) is 1. The highest BCUT2D eigenvalue weighted by atomic mass is 79.9. The summed E-state index contributed by atoms with van der Waals surface area (Å²) in [7, 11) is 1.21. The molecule has 1 aromatic carbocycles. The maximum atomic E-state index is 11.9. The number of methoxy groups -OCH3 is 1. The van der Waals surface area contributed by atoms with Crippen LogP contribution in [0.4, 0.5) is 5.69 Å². The van der Waals surface area contributed by atoms with Crippen LogP contribution in [0.15, 0.2) is 45.4 Å². The highest BCUT2D eigenvalue weighted by Gasteiger charge is 2.19. The molecule has 0 aliphatic carbocycles. The average molecular weight is 435 g/mol. The molecule has 120 valence electrons. The third-order valence-electron chi connectivity index (χ3n) is 2.74. The number of thiophene rings is 1. The van der Waals surface area contributed by atoms with Crippen LogP contribution in [0.5, 0.6) is 0 Å². The van der Waals surface area contributed by atoms with Crippen molar-refractivity contribution in [1.29, 1.82) is 0 Å². The van der Waals surface area contributed by atoms with E-state index in [2.05, 4.69) is 25.7 Å². The number of aliphatic hydroxyl groups excluding tert-OH is 1. The summed E-state index contributed by atoms with van der Waals surface area (Å²) in [4.78, 5) is 16.1. The lowest BCUT2D eigenvalue weighted by atomic mass is 10.1. The maximum absolute atomic E-state index is 11.9. The van der Waals surface area contributed by atoms with Crippen molar-refractivity contribution in [3.8, 4) is 0 Å². The molecule has 1 N–H and O–H groups in total. The molecule has 8 heteroatoms. The minimum Gasteiger partial charge on any atom is -0.506 e. The van der Waals surface area contributed by atoms with Crippen LogP contribution in [0.1, 0.15) is 5.56 Å². The fourth-order valence-corrected chi connectivity index (χ4v) is 3.36. The van der Waals surface area contributed by atoms with Crippen LogP contribution in [0.3, 0.4) is 0 Å². The number of ether oxygens (including phenoxy) is 1. The number of esters is 1. The largest absolute Gasteiger partial charge is 0.506 e. The van der Waals surface area contributed by atoms with E-state index in [1.54, 1.807) is 12.1 Å². The molecule has 2 rings (SSSR count). The predicted molar refractivity (Wildman–Crippen MR) is 98.2 cm³/mol. The molecule has 23 heavy (non-hydrogen) atoms. The van der Waals surface area contributed by atoms with E-state index in [4.69, 9.17) is 23.2 Å². The second-order valence-corrected chi connectivity index (χ2v) is 7.43. The Balaban J connectivity index is 2.44. The summed E-state index contributed by atoms with van der Waals surface area (Å²) < 4.78 is 6.25. The zero-order valence-electron chi connectivity index (χ0n) is 11.7. The molecule has 0 bridgehead atoms. The Labute approximate surface area is 155 Å². The Hall–Kier alpha value is -1.34. The first-order valence-corrected chi connectivity index (χ1v) is 8.55. The Bertz CT molecular complexity index is 785. The number of carbonyl (C=O) groups excluding carboxylic acids is 1. The Morgan fingerprint density at radius 2 is 2.00 bits per heavy atom. The first-order valence-electron chi connectivity index (χ1n) is 6.18. The Morgan fingerprint density at radius 3 is 2.52 bits per heavy atom. The van der Waals surface area contributed by atoms with Crippen LogP contribution < -0.4 is 0 Å². The molecule has 0 aliphatic heterocycles. The fourth-order valence-electron chi connectivity index (χ4n) is 1.63. The van der Waals surface area contributed by atoms with Crippen LogP contribution in [0, 0.1) is 0 Å². The Kier molecular flexibility index (Phi) is 6.24. The maximum Gasteiger partial charge on any atom is 0.343 e. The van der Waals surface area contributed by atoms with Crippen LogP contribution in [-0.2, 0) is 9.53 Å². The topological polar surface area (TPSA) is 58.9 Å². The van der Waals surface area contributed by atoms with E-state index in [0.717, 1.165) is 15.8 Å². The van der Waals surface area contributed by atoms with Gasteiger partial charge in [0.1, 0.15) is 15.7 Å². The van der Waals surface area contributed by atoms with E-state index in [1.165, 1.54) is 19.4 Å². The average Bonchev–Trinajstić information content (AvgIpc) is 2.87. The normalized spacial score (nSPS) is 12.3. The summed E-state index contributed by atoms with van der Waals surface area (Å²) in [6.07, 6.45) is 1.23. The molecule has 0 fully saturated rings. The van der Waals surface area contributed by atoms with E-state index in [9.17, 15) is 9.90 Å². The number of benzene rings is 1. The van der Waals surface area contributed by atoms with E-state index >= 15 is 0 Å². The lowest BCUT2D eigenvalue weighted by molar-refractivity contribution is -0.135. The summed E-state index contributed by atoms with van der Waals surface area (Å²) in [5, 5.41) is 10.3. The summed E-state index contributed by atoms with van der Waals surface area (Å²) in [5.41, 5.74) is 0.743. The van der Waals surface area contributed by atoms with Gasteiger partial charge in [-0.1, -0.05) is 39.1 Å². The molecule has 0 saturated heterocycles. The first-order chi connectivity index (χ1) is 10.9. The van der Waals surface area contributed by atoms with Crippen molar-refractivity contribution in [1.82, 2.24) is 0 Å². The lowest BCUT2D eigenvalue weighted by Crippen LogP contribution is -2.08. The zero-order valence-corrected chi connectivity index (χ0v) is 15.6. The van der Waals surface area contributed by atoms with Crippen LogP contribution in [0.2, 0.25) is 8.67 Å². The summed E-state index contributed by atoms with van der Waals surface area (Å²) >= 11 is 16.3. The number of hydrogen-bond acceptors (Lipinski definition) is 5. The molecule has 2 aromatic rings. The molecule has 0 unspecified atom stereocenters. The molecular formula is C15H10BrCl2NO3S. The van der Waals surface area contributed by atoms with Gasteiger partial charge in [0, 0.05) is 16.3 Å². The smallest absolute Gasteiger partial charge is 0.343 e. The number of nitrogens with zero attached hydrogens (tertiary/aromatic N) is 1. The monoisotopic (exact) mass is 433 g/mol. The second kappa shape index (κ2) is 7.97. The van der Waals surface area contributed by atoms with Crippen LogP contribution in [0.25, 0.3) is 5.76 Å². The second-order valence-electron chi connectivity index (χ2n) is 4.23. The molecule has 0 atom stereocenters. The third-order valence-corrected chi connectivity index (χ3v) is 4.76. The van der Waals surface area contributed by atoms with Gasteiger partial charge in [0.25, 0.3) is 0 Å². The molecule has 0 spiro atoms. The predicted octanol–water partition coefficient (Wildman–Crippen LogP) is 5.66. The third kappa shape index (κ3) is 4.57. The summed E-state index contributed by atoms with van der Waals surface area (Å²) in [5.74, 6) is -1.08. The van der Waals surface area contributed by atoms with E-state index in [-0.39, 0.29) is 21.2 Å². The van der Waals surface area contributed by atoms with Gasteiger partial charge in [0.05, 0.1) is 17.1 Å². The van der Waals surface area contributed by atoms with Crippen molar-refractivity contribution in [3.05, 3.63) is 54.6 Å². The molecule has 4 nitrogen and oxygen atoms in total. The van der Waals surface area contributed by atoms with Gasteiger partial charge < -0.3 is 9.84 Å². The number of aliphatic hydroxyl groups is 1. The Morgan fingerprint density at radius 1 is 1.35 bits per heavy atom. The van der Waals surface area contributed by atoms with Gasteiger partial charge >= 0.3 is 5.97 Å². The molecular weight excluding hydrogens is 425 g/mol. The van der Waals surface area contributed by atoms with Gasteiger partial charge in [-0.3, -0.25) is 4.99 Å². The summed E-state index contributed by atoms with van der Waals surface area (Å²) in [6, 6.07) is 8.59. The zero-order chi connectivity index (χ0) is 17.0. The minimum atomic E-state index is -0.734. The summed E-state index contributed by atoms with van der Waals surface area (Å²) in [6.45, 7) is 0. The highest BCUT2D eigenvalue weighted by molar-refractivity contribution is 9.10. The minimum absolute atomic E-state index is 0.119. The van der Waals surface area contributed by atoms with Gasteiger partial charge in [-0.05, 0) is 30.3 Å². The quantitative estimate of drug-likeness (QED) is 0.292. The number of aliphatic imine (C=N–C) groups is 1. The van der Waals surface area contributed by atoms with E-state index < -0.39 is 5.97 Å². The van der Waals surface area contributed by atoms with Gasteiger partial charge in [-0.25, -0.2) is 4.79 Å². The van der Waals surface area contributed by atoms with Crippen molar-refractivity contribution >= 4 is 74.1 Å². The fraction of sp³-hybridized carbons (Fsp3) is 0.0667. The van der Waals surface area contributed by atoms with E-state index in [1.807, 2.05) is 12.1 Å². The van der Waals surface area contributed by atoms with Crippen molar-refractivity contribution < 1.29 is 14.6 Å². The molecule has 0 saturated carbocycles. The molecule has 0 radical (unpaired) electrons. The van der Waals surface area contributed by atoms with E-state index in [0.29, 0.717) is 10.0 Å². The van der Waals surface area contributed by atoms with Crippen molar-refractivity contribution in [3.63, 3.8) is 0 Å². The number of carbonyl (C=O) groups is 1. The highest BCUT2D eigenvalue weighted by Crippen LogP contribution is 2.35. The van der Waals surface area contributed by atoms with Gasteiger partial charge in [-0.15, -0.1) is 11.3 Å². The SMILES string of the molecule is COC(=O)/C(C=Nc1ccc(Br)cc1)=C(/O)c1cc(Cl)sc1Cl. The van der Waals surface area contributed by atoms with Crippen molar-refractivity contribution in [2.24, 2.45) is 4.99 Å². The molecule has 0 amide bonds. The molecule has 1 aromatic heterocycles. The van der Waals surface area contributed by atoms with Crippen molar-refractivity contribution in [2.75, 3.05) is 7.11 Å². The van der Waals surface area contributed by atoms with Gasteiger partial charge in [0.15, 0.2) is 0 Å². The van der Waals surface area contributed by atoms with Crippen LogP contribution >= 0.6 is 50.5 Å². The lowest BCUT2D eigenvalue weighted by Gasteiger charge is -2.04. The molecule has 1 heterocycles. The van der Waals surface area contributed by atoms with Gasteiger partial charge in [0.2, 0.25) is 0 Å². The number of rotatable bonds is 4.